The van der Waals surface area contributed by atoms with Crippen molar-refractivity contribution in [1.29, 1.82) is 0 Å². The molecular weight excluding hydrogens is 365 g/mol. The summed E-state index contributed by atoms with van der Waals surface area (Å²) in [6.45, 7) is 3.72. The molecule has 0 radical (unpaired) electrons. The van der Waals surface area contributed by atoms with Crippen molar-refractivity contribution in [3.8, 4) is 0 Å². The third-order valence-corrected chi connectivity index (χ3v) is 5.46. The van der Waals surface area contributed by atoms with Crippen LogP contribution >= 0.6 is 11.8 Å². The number of thioether (sulfide) groups is 1. The van der Waals surface area contributed by atoms with Gasteiger partial charge < -0.3 is 20.3 Å². The van der Waals surface area contributed by atoms with E-state index in [0.29, 0.717) is 38.0 Å². The number of alkyl halides is 3. The predicted octanol–water partition coefficient (Wildman–Crippen LogP) is 2.41. The number of aliphatic imine (C=N–C) groups is 1. The third-order valence-electron chi connectivity index (χ3n) is 4.52. The Bertz CT molecular complexity index is 641. The van der Waals surface area contributed by atoms with Crippen molar-refractivity contribution in [3.05, 3.63) is 29.3 Å². The number of morpholine rings is 1. The van der Waals surface area contributed by atoms with Crippen LogP contribution in [0.15, 0.2) is 23.2 Å². The second kappa shape index (κ2) is 8.39. The Hall–Kier alpha value is -1.61. The fourth-order valence-corrected chi connectivity index (χ4v) is 3.95. The van der Waals surface area contributed by atoms with E-state index < -0.39 is 11.7 Å². The molecule has 9 heteroatoms. The molecule has 2 heterocycles. The number of nitrogens with two attached hydrogens (primary N) is 1. The van der Waals surface area contributed by atoms with Gasteiger partial charge in [-0.2, -0.15) is 24.9 Å². The van der Waals surface area contributed by atoms with Gasteiger partial charge in [0.25, 0.3) is 0 Å². The fraction of sp³-hybridized carbons (Fsp3) is 0.588. The Morgan fingerprint density at radius 1 is 1.15 bits per heavy atom. The number of halogens is 3. The van der Waals surface area contributed by atoms with E-state index in [1.54, 1.807) is 6.07 Å². The normalized spacial score (nSPS) is 19.7. The van der Waals surface area contributed by atoms with Gasteiger partial charge in [-0.05, 0) is 17.7 Å². The molecule has 0 aliphatic carbocycles. The smallest absolute Gasteiger partial charge is 0.378 e. The summed E-state index contributed by atoms with van der Waals surface area (Å²) in [7, 11) is 0. The molecule has 0 amide bonds. The van der Waals surface area contributed by atoms with Gasteiger partial charge in [-0.15, -0.1) is 0 Å². The molecule has 0 saturated carbocycles. The van der Waals surface area contributed by atoms with Crippen molar-refractivity contribution in [2.24, 2.45) is 10.7 Å². The second-order valence-corrected chi connectivity index (χ2v) is 7.44. The number of hydrogen-bond donors (Lipinski definition) is 1. The minimum atomic E-state index is -4.43. The van der Waals surface area contributed by atoms with Crippen molar-refractivity contribution in [2.75, 3.05) is 55.8 Å². The average molecular weight is 388 g/mol. The summed E-state index contributed by atoms with van der Waals surface area (Å²) < 4.78 is 45.9. The fourth-order valence-electron chi connectivity index (χ4n) is 3.04. The molecule has 0 aromatic heterocycles. The molecule has 2 aliphatic heterocycles. The largest absolute Gasteiger partial charge is 0.416 e. The van der Waals surface area contributed by atoms with E-state index in [2.05, 4.69) is 4.99 Å². The third kappa shape index (κ3) is 4.76. The number of hydrogen-bond acceptors (Lipinski definition) is 4. The van der Waals surface area contributed by atoms with Crippen LogP contribution in [0, 0.1) is 0 Å². The van der Waals surface area contributed by atoms with Gasteiger partial charge in [-0.1, -0.05) is 6.07 Å². The van der Waals surface area contributed by atoms with Gasteiger partial charge in [0.2, 0.25) is 0 Å². The number of nitrogens with zero attached hydrogens (tertiary/aromatic N) is 3. The number of guanidine groups is 1. The van der Waals surface area contributed by atoms with Crippen LogP contribution in [0.2, 0.25) is 0 Å². The van der Waals surface area contributed by atoms with Crippen LogP contribution in [0.25, 0.3) is 0 Å². The monoisotopic (exact) mass is 388 g/mol. The van der Waals surface area contributed by atoms with E-state index in [0.717, 1.165) is 24.6 Å². The van der Waals surface area contributed by atoms with Crippen LogP contribution in [0.5, 0.6) is 0 Å². The highest BCUT2D eigenvalue weighted by Crippen LogP contribution is 2.35. The quantitative estimate of drug-likeness (QED) is 0.637. The van der Waals surface area contributed by atoms with Crippen LogP contribution in [-0.2, 0) is 17.5 Å². The van der Waals surface area contributed by atoms with Gasteiger partial charge in [-0.3, -0.25) is 0 Å². The van der Waals surface area contributed by atoms with E-state index in [4.69, 9.17) is 10.5 Å². The van der Waals surface area contributed by atoms with Gasteiger partial charge in [0.05, 0.1) is 25.3 Å². The molecule has 2 fully saturated rings. The molecule has 0 atom stereocenters. The zero-order valence-electron chi connectivity index (χ0n) is 14.5. The number of benzene rings is 1. The van der Waals surface area contributed by atoms with E-state index in [1.165, 1.54) is 12.1 Å². The highest BCUT2D eigenvalue weighted by atomic mass is 32.2. The lowest BCUT2D eigenvalue weighted by Gasteiger charge is -2.30. The summed E-state index contributed by atoms with van der Waals surface area (Å²) in [5, 5.41) is 0. The lowest BCUT2D eigenvalue weighted by Crippen LogP contribution is -2.42. The maximum Gasteiger partial charge on any atom is 0.416 e. The Labute approximate surface area is 155 Å². The highest BCUT2D eigenvalue weighted by Gasteiger charge is 2.34. The first-order valence-electron chi connectivity index (χ1n) is 8.60. The summed E-state index contributed by atoms with van der Waals surface area (Å²) in [5.74, 6) is 2.23. The van der Waals surface area contributed by atoms with Crippen molar-refractivity contribution >= 4 is 23.4 Å². The predicted molar refractivity (Wildman–Crippen MR) is 98.7 cm³/mol. The van der Waals surface area contributed by atoms with E-state index in [1.807, 2.05) is 21.6 Å². The molecule has 3 rings (SSSR count). The molecule has 0 unspecified atom stereocenters. The van der Waals surface area contributed by atoms with Crippen LogP contribution in [-0.4, -0.2) is 61.8 Å². The Morgan fingerprint density at radius 2 is 1.85 bits per heavy atom. The van der Waals surface area contributed by atoms with Crippen molar-refractivity contribution in [3.63, 3.8) is 0 Å². The molecule has 2 saturated heterocycles. The van der Waals surface area contributed by atoms with Crippen LogP contribution in [0.4, 0.5) is 18.9 Å². The molecular formula is C17H23F3N4OS. The van der Waals surface area contributed by atoms with Gasteiger partial charge in [0.1, 0.15) is 0 Å². The molecule has 2 aliphatic rings. The first kappa shape index (κ1) is 19.2. The zero-order chi connectivity index (χ0) is 18.6. The maximum absolute atomic E-state index is 13.5. The number of rotatable bonds is 3. The average Bonchev–Trinajstić information content (AvgIpc) is 2.66. The lowest BCUT2D eigenvalue weighted by molar-refractivity contribution is -0.138. The summed E-state index contributed by atoms with van der Waals surface area (Å²) in [4.78, 5) is 8.04. The van der Waals surface area contributed by atoms with Crippen LogP contribution in [0.1, 0.15) is 11.1 Å². The highest BCUT2D eigenvalue weighted by molar-refractivity contribution is 7.99. The Kier molecular flexibility index (Phi) is 6.18. The summed E-state index contributed by atoms with van der Waals surface area (Å²) in [6.07, 6.45) is -4.43. The van der Waals surface area contributed by atoms with Crippen molar-refractivity contribution in [1.82, 2.24) is 4.90 Å². The summed E-state index contributed by atoms with van der Waals surface area (Å²) >= 11 is 1.84. The number of ether oxygens (including phenoxy) is 1. The van der Waals surface area contributed by atoms with Crippen molar-refractivity contribution in [2.45, 2.75) is 12.7 Å². The SMILES string of the molecule is NC(=NCc1ccc(N2CCOCC2)cc1C(F)(F)F)N1CCSCC1. The topological polar surface area (TPSA) is 54.1 Å². The second-order valence-electron chi connectivity index (χ2n) is 6.21. The molecule has 2 N–H and O–H groups in total. The molecule has 1 aromatic carbocycles. The van der Waals surface area contributed by atoms with Crippen LogP contribution in [0.3, 0.4) is 0 Å². The molecule has 26 heavy (non-hydrogen) atoms. The van der Waals surface area contributed by atoms with Crippen molar-refractivity contribution < 1.29 is 17.9 Å². The Balaban J connectivity index is 1.79. The lowest BCUT2D eigenvalue weighted by atomic mass is 10.1. The maximum atomic E-state index is 13.5. The van der Waals surface area contributed by atoms with Gasteiger partial charge in [-0.25, -0.2) is 4.99 Å². The minimum Gasteiger partial charge on any atom is -0.378 e. The molecule has 5 nitrogen and oxygen atoms in total. The molecule has 0 spiro atoms. The van der Waals surface area contributed by atoms with Gasteiger partial charge >= 0.3 is 6.18 Å². The van der Waals surface area contributed by atoms with Gasteiger partial charge in [0.15, 0.2) is 5.96 Å². The standard InChI is InChI=1S/C17H23F3N4OS/c18-17(19,20)15-11-14(23-3-7-25-8-4-23)2-1-13(15)12-22-16(21)24-5-9-26-10-6-24/h1-2,11H,3-10,12H2,(H2,21,22). The van der Waals surface area contributed by atoms with E-state index in [-0.39, 0.29) is 12.1 Å². The molecule has 0 bridgehead atoms. The van der Waals surface area contributed by atoms with Crippen LogP contribution < -0.4 is 10.6 Å². The summed E-state index contributed by atoms with van der Waals surface area (Å²) in [5.41, 5.74) is 6.03. The number of anilines is 1. The Morgan fingerprint density at radius 3 is 2.50 bits per heavy atom. The van der Waals surface area contributed by atoms with Gasteiger partial charge in [0, 0.05) is 43.4 Å². The summed E-state index contributed by atoms with van der Waals surface area (Å²) in [6, 6.07) is 4.44. The minimum absolute atomic E-state index is 0.0757. The van der Waals surface area contributed by atoms with E-state index >= 15 is 0 Å². The van der Waals surface area contributed by atoms with E-state index in [9.17, 15) is 13.2 Å². The molecule has 1 aromatic rings. The first-order valence-corrected chi connectivity index (χ1v) is 9.76. The molecule has 144 valence electrons. The zero-order valence-corrected chi connectivity index (χ0v) is 15.3. The first-order chi connectivity index (χ1) is 12.4.